The van der Waals surface area contributed by atoms with Crippen molar-refractivity contribution in [2.24, 2.45) is 0 Å². The van der Waals surface area contributed by atoms with Crippen LogP contribution < -0.4 is 19.5 Å². The van der Waals surface area contributed by atoms with E-state index in [1.54, 1.807) is 29.2 Å². The minimum Gasteiger partial charge on any atom is -0.504 e. The highest BCUT2D eigenvalue weighted by Crippen LogP contribution is 2.41. The molecule has 1 amide bonds. The number of nitrogens with one attached hydrogen (secondary N) is 1. The number of rotatable bonds is 4. The van der Waals surface area contributed by atoms with E-state index in [1.165, 1.54) is 7.11 Å². The topological polar surface area (TPSA) is 80.3 Å². The Morgan fingerprint density at radius 1 is 1.10 bits per heavy atom. The molecule has 3 aromatic carbocycles. The Hall–Kier alpha value is -3.87. The number of phenols is 1. The second-order valence-electron chi connectivity index (χ2n) is 7.11. The van der Waals surface area contributed by atoms with Crippen molar-refractivity contribution in [3.8, 4) is 23.0 Å². The summed E-state index contributed by atoms with van der Waals surface area (Å²) < 4.78 is 16.1. The lowest BCUT2D eigenvalue weighted by Crippen LogP contribution is -2.42. The monoisotopic (exact) mass is 404 g/mol. The molecule has 152 valence electrons. The smallest absolute Gasteiger partial charge is 0.258 e. The van der Waals surface area contributed by atoms with E-state index in [1.807, 2.05) is 36.4 Å². The van der Waals surface area contributed by atoms with E-state index in [0.29, 0.717) is 34.9 Å². The molecule has 1 atom stereocenters. The van der Waals surface area contributed by atoms with Gasteiger partial charge in [-0.3, -0.25) is 4.79 Å². The van der Waals surface area contributed by atoms with Crippen molar-refractivity contribution in [1.29, 1.82) is 0 Å². The number of anilines is 1. The molecule has 0 aliphatic carbocycles. The van der Waals surface area contributed by atoms with E-state index in [9.17, 15) is 9.90 Å². The van der Waals surface area contributed by atoms with Crippen LogP contribution in [0.4, 0.5) is 5.69 Å². The van der Waals surface area contributed by atoms with Crippen LogP contribution in [0.15, 0.2) is 60.7 Å². The number of para-hydroxylation sites is 2. The third-order valence-electron chi connectivity index (χ3n) is 5.36. The Morgan fingerprint density at radius 3 is 2.80 bits per heavy atom. The van der Waals surface area contributed by atoms with E-state index in [2.05, 4.69) is 5.32 Å². The predicted molar refractivity (Wildman–Crippen MR) is 110 cm³/mol. The maximum Gasteiger partial charge on any atom is 0.258 e. The van der Waals surface area contributed by atoms with Crippen molar-refractivity contribution in [2.45, 2.75) is 12.7 Å². The molecule has 0 saturated carbocycles. The molecule has 0 spiro atoms. The summed E-state index contributed by atoms with van der Waals surface area (Å²) in [5, 5.41) is 14.1. The first-order valence-electron chi connectivity index (χ1n) is 9.56. The zero-order chi connectivity index (χ0) is 20.7. The molecule has 5 rings (SSSR count). The van der Waals surface area contributed by atoms with Gasteiger partial charge in [-0.2, -0.15) is 0 Å². The van der Waals surface area contributed by atoms with Crippen LogP contribution in [-0.4, -0.2) is 29.8 Å². The van der Waals surface area contributed by atoms with Gasteiger partial charge in [0.15, 0.2) is 23.0 Å². The number of phenolic OH excluding ortho intramolecular Hbond substituents is 1. The number of carbonyl (C=O) groups is 1. The summed E-state index contributed by atoms with van der Waals surface area (Å²) in [4.78, 5) is 15.1. The third kappa shape index (κ3) is 2.95. The predicted octanol–water partition coefficient (Wildman–Crippen LogP) is 3.90. The number of fused-ring (bicyclic) bond motifs is 2. The molecule has 2 aliphatic rings. The molecule has 0 bridgehead atoms. The Labute approximate surface area is 173 Å². The van der Waals surface area contributed by atoms with Crippen LogP contribution >= 0.6 is 0 Å². The van der Waals surface area contributed by atoms with Gasteiger partial charge in [0.2, 0.25) is 6.79 Å². The zero-order valence-electron chi connectivity index (χ0n) is 16.3. The highest BCUT2D eigenvalue weighted by atomic mass is 16.7. The molecule has 0 saturated heterocycles. The average Bonchev–Trinajstić information content (AvgIpc) is 3.24. The largest absolute Gasteiger partial charge is 0.504 e. The van der Waals surface area contributed by atoms with Gasteiger partial charge in [0.05, 0.1) is 12.7 Å². The molecule has 7 heteroatoms. The van der Waals surface area contributed by atoms with Gasteiger partial charge in [-0.25, -0.2) is 0 Å². The van der Waals surface area contributed by atoms with Gasteiger partial charge in [0.25, 0.3) is 5.91 Å². The Morgan fingerprint density at radius 2 is 1.93 bits per heavy atom. The number of carbonyl (C=O) groups excluding carboxylic acids is 1. The van der Waals surface area contributed by atoms with Gasteiger partial charge >= 0.3 is 0 Å². The zero-order valence-corrected chi connectivity index (χ0v) is 16.3. The summed E-state index contributed by atoms with van der Waals surface area (Å²) in [5.74, 6) is 1.57. The van der Waals surface area contributed by atoms with Crippen LogP contribution in [-0.2, 0) is 6.54 Å². The van der Waals surface area contributed by atoms with E-state index < -0.39 is 6.17 Å². The fourth-order valence-corrected chi connectivity index (χ4v) is 3.86. The van der Waals surface area contributed by atoms with Gasteiger partial charge in [-0.05, 0) is 35.9 Å². The highest BCUT2D eigenvalue weighted by Gasteiger charge is 2.35. The van der Waals surface area contributed by atoms with Gasteiger partial charge in [-0.1, -0.05) is 30.3 Å². The number of benzene rings is 3. The lowest BCUT2D eigenvalue weighted by Gasteiger charge is -2.38. The van der Waals surface area contributed by atoms with Crippen LogP contribution in [0.1, 0.15) is 27.7 Å². The quantitative estimate of drug-likeness (QED) is 0.687. The van der Waals surface area contributed by atoms with Crippen LogP contribution in [0.5, 0.6) is 23.0 Å². The second kappa shape index (κ2) is 7.18. The normalized spacial score (nSPS) is 16.8. The Balaban J connectivity index is 1.57. The van der Waals surface area contributed by atoms with Gasteiger partial charge < -0.3 is 29.5 Å². The third-order valence-corrected chi connectivity index (χ3v) is 5.36. The SMILES string of the molecule is COc1cccc(C2Nc3ccccc3C(=O)N2Cc2ccc3c(c2)OCO3)c1O. The number of aromatic hydroxyl groups is 1. The van der Waals surface area contributed by atoms with E-state index in [-0.39, 0.29) is 18.4 Å². The van der Waals surface area contributed by atoms with Gasteiger partial charge in [0, 0.05) is 17.8 Å². The molecule has 2 heterocycles. The van der Waals surface area contributed by atoms with E-state index in [0.717, 1.165) is 11.3 Å². The van der Waals surface area contributed by atoms with Crippen molar-refractivity contribution >= 4 is 11.6 Å². The van der Waals surface area contributed by atoms with Gasteiger partial charge in [-0.15, -0.1) is 0 Å². The number of nitrogens with zero attached hydrogens (tertiary/aromatic N) is 1. The minimum atomic E-state index is -0.576. The standard InChI is InChI=1S/C23H20N2O5/c1-28-19-8-4-6-16(21(19)26)22-24-17-7-3-2-5-15(17)23(27)25(22)12-14-9-10-18-20(11-14)30-13-29-18/h2-11,22,24,26H,12-13H2,1H3. The fourth-order valence-electron chi connectivity index (χ4n) is 3.86. The second-order valence-corrected chi connectivity index (χ2v) is 7.11. The summed E-state index contributed by atoms with van der Waals surface area (Å²) in [7, 11) is 1.50. The molecule has 2 aliphatic heterocycles. The van der Waals surface area contributed by atoms with Crippen LogP contribution in [0.25, 0.3) is 0 Å². The first-order valence-corrected chi connectivity index (χ1v) is 9.56. The molecule has 0 fully saturated rings. The molecule has 0 radical (unpaired) electrons. The molecule has 3 aromatic rings. The number of hydrogen-bond acceptors (Lipinski definition) is 6. The Bertz CT molecular complexity index is 1130. The lowest BCUT2D eigenvalue weighted by atomic mass is 10.0. The molecule has 1 unspecified atom stereocenters. The molecule has 0 aromatic heterocycles. The lowest BCUT2D eigenvalue weighted by molar-refractivity contribution is 0.0664. The van der Waals surface area contributed by atoms with E-state index in [4.69, 9.17) is 14.2 Å². The number of methoxy groups -OCH3 is 1. The maximum atomic E-state index is 13.4. The average molecular weight is 404 g/mol. The first kappa shape index (κ1) is 18.2. The molecule has 30 heavy (non-hydrogen) atoms. The fraction of sp³-hybridized carbons (Fsp3) is 0.174. The highest BCUT2D eigenvalue weighted by molar-refractivity contribution is 6.01. The maximum absolute atomic E-state index is 13.4. The molecular formula is C23H20N2O5. The van der Waals surface area contributed by atoms with Crippen LogP contribution in [0, 0.1) is 0 Å². The summed E-state index contributed by atoms with van der Waals surface area (Å²) >= 11 is 0. The number of ether oxygens (including phenoxy) is 3. The molecule has 7 nitrogen and oxygen atoms in total. The van der Waals surface area contributed by atoms with Crippen molar-refractivity contribution < 1.29 is 24.1 Å². The van der Waals surface area contributed by atoms with Gasteiger partial charge in [0.1, 0.15) is 6.17 Å². The number of amides is 1. The van der Waals surface area contributed by atoms with Crippen molar-refractivity contribution in [3.05, 3.63) is 77.4 Å². The van der Waals surface area contributed by atoms with E-state index >= 15 is 0 Å². The number of hydrogen-bond donors (Lipinski definition) is 2. The van der Waals surface area contributed by atoms with Crippen LogP contribution in [0.2, 0.25) is 0 Å². The first-order chi connectivity index (χ1) is 14.7. The summed E-state index contributed by atoms with van der Waals surface area (Å²) in [6.07, 6.45) is -0.576. The molecular weight excluding hydrogens is 384 g/mol. The van der Waals surface area contributed by atoms with Crippen LogP contribution in [0.3, 0.4) is 0 Å². The van der Waals surface area contributed by atoms with Crippen molar-refractivity contribution in [1.82, 2.24) is 4.90 Å². The summed E-state index contributed by atoms with van der Waals surface area (Å²) in [6.45, 7) is 0.509. The summed E-state index contributed by atoms with van der Waals surface area (Å²) in [6, 6.07) is 18.2. The van der Waals surface area contributed by atoms with Crippen molar-refractivity contribution in [3.63, 3.8) is 0 Å². The minimum absolute atomic E-state index is 0.000341. The molecule has 2 N–H and O–H groups in total. The summed E-state index contributed by atoms with van der Waals surface area (Å²) in [5.41, 5.74) is 2.74. The van der Waals surface area contributed by atoms with Crippen molar-refractivity contribution in [2.75, 3.05) is 19.2 Å². The Kier molecular flexibility index (Phi) is 4.35.